The summed E-state index contributed by atoms with van der Waals surface area (Å²) in [7, 11) is -4.55. The van der Waals surface area contributed by atoms with E-state index >= 15 is 0 Å². The molecule has 0 heterocycles. The fraction of sp³-hybridized carbons (Fsp3) is 0.889. The Morgan fingerprint density at radius 3 is 2.19 bits per heavy atom. The normalized spacial score (nSPS) is 15.2. The summed E-state index contributed by atoms with van der Waals surface area (Å²) in [6.07, 6.45) is 0.0949. The maximum absolute atomic E-state index is 10.4. The van der Waals surface area contributed by atoms with E-state index in [9.17, 15) is 9.79 Å². The van der Waals surface area contributed by atoms with E-state index in [1.54, 1.807) is 27.7 Å². The molecule has 0 aliphatic heterocycles. The van der Waals surface area contributed by atoms with Crippen LogP contribution < -0.4 is 5.84 Å². The van der Waals surface area contributed by atoms with Crippen LogP contribution >= 0.6 is 7.43 Å². The first-order valence-electron chi connectivity index (χ1n) is 5.23. The van der Waals surface area contributed by atoms with Gasteiger partial charge in [-0.3, -0.25) is 0 Å². The van der Waals surface area contributed by atoms with Crippen molar-refractivity contribution in [3.8, 4) is 6.07 Å². The van der Waals surface area contributed by atoms with Gasteiger partial charge in [0, 0.05) is 0 Å². The molecule has 0 rings (SSSR count). The monoisotopic (exact) mass is 251 g/mol. The molecule has 0 aromatic heterocycles. The van der Waals surface area contributed by atoms with E-state index in [0.29, 0.717) is 0 Å². The van der Waals surface area contributed by atoms with E-state index < -0.39 is 13.1 Å². The van der Waals surface area contributed by atoms with Crippen molar-refractivity contribution < 1.29 is 14.3 Å². The Morgan fingerprint density at radius 1 is 1.38 bits per heavy atom. The van der Waals surface area contributed by atoms with Gasteiger partial charge in [0.05, 0.1) is 0 Å². The second-order valence-corrected chi connectivity index (χ2v) is 7.96. The van der Waals surface area contributed by atoms with E-state index in [1.807, 2.05) is 6.07 Å². The van der Waals surface area contributed by atoms with Gasteiger partial charge in [0.2, 0.25) is 0 Å². The SMILES string of the molecule is CC(C)N(N)P(O)(O)(OCCC#N)C(C)C. The number of hydrogen-bond donors (Lipinski definition) is 3. The molecule has 7 heteroatoms. The predicted molar refractivity (Wildman–Crippen MR) is 63.8 cm³/mol. The molecule has 96 valence electrons. The van der Waals surface area contributed by atoms with Crippen LogP contribution in [0.15, 0.2) is 0 Å². The van der Waals surface area contributed by atoms with Gasteiger partial charge in [-0.05, 0) is 0 Å². The molecule has 0 radical (unpaired) electrons. The van der Waals surface area contributed by atoms with E-state index in [2.05, 4.69) is 0 Å². The average molecular weight is 251 g/mol. The summed E-state index contributed by atoms with van der Waals surface area (Å²) in [5.74, 6) is 5.70. The molecule has 0 aliphatic carbocycles. The molecule has 0 bridgehead atoms. The number of hydrogen-bond acceptors (Lipinski definition) is 6. The predicted octanol–water partition coefficient (Wildman–Crippen LogP) is 1.11. The first-order valence-corrected chi connectivity index (χ1v) is 7.31. The van der Waals surface area contributed by atoms with E-state index in [-0.39, 0.29) is 19.1 Å². The molecule has 4 N–H and O–H groups in total. The first-order chi connectivity index (χ1) is 7.15. The van der Waals surface area contributed by atoms with E-state index in [0.717, 1.165) is 4.78 Å². The first kappa shape index (κ1) is 15.7. The Kier molecular flexibility index (Phi) is 5.27. The molecule has 0 aliphatic rings. The Bertz CT molecular complexity index is 276. The fourth-order valence-corrected chi connectivity index (χ4v) is 3.46. The quantitative estimate of drug-likeness (QED) is 0.283. The molecular weight excluding hydrogens is 229 g/mol. The molecule has 6 nitrogen and oxygen atoms in total. The number of rotatable bonds is 6. The second kappa shape index (κ2) is 5.37. The van der Waals surface area contributed by atoms with Gasteiger partial charge in [-0.25, -0.2) is 0 Å². The molecule has 0 fully saturated rings. The molecule has 0 spiro atoms. The van der Waals surface area contributed by atoms with Crippen molar-refractivity contribution in [1.82, 2.24) is 4.78 Å². The van der Waals surface area contributed by atoms with Crippen molar-refractivity contribution in [2.75, 3.05) is 6.61 Å². The fourth-order valence-electron chi connectivity index (χ4n) is 1.18. The molecule has 0 saturated heterocycles. The van der Waals surface area contributed by atoms with Gasteiger partial charge >= 0.3 is 96.1 Å². The van der Waals surface area contributed by atoms with Crippen LogP contribution in [0.5, 0.6) is 0 Å². The molecule has 0 saturated carbocycles. The van der Waals surface area contributed by atoms with Crippen LogP contribution in [0.3, 0.4) is 0 Å². The summed E-state index contributed by atoms with van der Waals surface area (Å²) in [5, 5.41) is 8.41. The average Bonchev–Trinajstić information content (AvgIpc) is 2.16. The number of nitrogens with zero attached hydrogens (tertiary/aromatic N) is 2. The minimum absolute atomic E-state index is 0.0417. The summed E-state index contributed by atoms with van der Waals surface area (Å²) in [4.78, 5) is 20.7. The standard InChI is InChI=1S/C9H22N3O3P/c1-8(2)12(11)16(13,14,9(3)4)15-7-5-6-10/h8-9,13-14H,5,7,11H2,1-4H3. The van der Waals surface area contributed by atoms with Crippen molar-refractivity contribution in [3.05, 3.63) is 0 Å². The molecule has 0 atom stereocenters. The van der Waals surface area contributed by atoms with Crippen LogP contribution in [0.4, 0.5) is 0 Å². The van der Waals surface area contributed by atoms with Crippen LogP contribution in [-0.4, -0.2) is 32.9 Å². The summed E-state index contributed by atoms with van der Waals surface area (Å²) < 4.78 is 6.14. The molecule has 0 aromatic carbocycles. The van der Waals surface area contributed by atoms with Crippen molar-refractivity contribution in [3.63, 3.8) is 0 Å². The molecule has 0 amide bonds. The summed E-state index contributed by atoms with van der Waals surface area (Å²) in [6, 6.07) is 1.61. The van der Waals surface area contributed by atoms with Gasteiger partial charge < -0.3 is 0 Å². The Balaban J connectivity index is 4.98. The van der Waals surface area contributed by atoms with Crippen LogP contribution in [0.1, 0.15) is 34.1 Å². The van der Waals surface area contributed by atoms with E-state index in [4.69, 9.17) is 15.6 Å². The van der Waals surface area contributed by atoms with Gasteiger partial charge in [0.15, 0.2) is 0 Å². The Morgan fingerprint density at radius 2 is 1.88 bits per heavy atom. The molecule has 0 aromatic rings. The van der Waals surface area contributed by atoms with Gasteiger partial charge in [-0.2, -0.15) is 0 Å². The second-order valence-electron chi connectivity index (χ2n) is 4.27. The van der Waals surface area contributed by atoms with Crippen molar-refractivity contribution >= 4 is 7.43 Å². The summed E-state index contributed by atoms with van der Waals surface area (Å²) >= 11 is 0. The summed E-state index contributed by atoms with van der Waals surface area (Å²) in [6.45, 7) is 6.70. The number of nitrogens with two attached hydrogens (primary N) is 1. The molecule has 16 heavy (non-hydrogen) atoms. The van der Waals surface area contributed by atoms with Crippen LogP contribution in [-0.2, 0) is 4.52 Å². The zero-order chi connectivity index (χ0) is 13.0. The van der Waals surface area contributed by atoms with Gasteiger partial charge in [0.1, 0.15) is 0 Å². The number of nitriles is 1. The zero-order valence-electron chi connectivity index (χ0n) is 10.3. The van der Waals surface area contributed by atoms with Crippen molar-refractivity contribution in [2.24, 2.45) is 5.84 Å². The number of hydrazine groups is 1. The minimum atomic E-state index is -4.55. The van der Waals surface area contributed by atoms with Gasteiger partial charge in [-0.15, -0.1) is 0 Å². The third-order valence-corrected chi connectivity index (χ3v) is 6.24. The van der Waals surface area contributed by atoms with Crippen molar-refractivity contribution in [2.45, 2.75) is 45.8 Å². The Hall–Kier alpha value is -0.280. The summed E-state index contributed by atoms with van der Waals surface area (Å²) in [5.41, 5.74) is -0.544. The third kappa shape index (κ3) is 3.11. The topological polar surface area (TPSA) is 103 Å². The van der Waals surface area contributed by atoms with Crippen LogP contribution in [0.2, 0.25) is 0 Å². The molecular formula is C9H22N3O3P. The molecule has 0 unspecified atom stereocenters. The third-order valence-electron chi connectivity index (χ3n) is 2.42. The van der Waals surface area contributed by atoms with Crippen LogP contribution in [0.25, 0.3) is 0 Å². The Labute approximate surface area is 96.8 Å². The van der Waals surface area contributed by atoms with Crippen molar-refractivity contribution in [1.29, 1.82) is 5.26 Å². The van der Waals surface area contributed by atoms with Gasteiger partial charge in [-0.1, -0.05) is 0 Å². The van der Waals surface area contributed by atoms with E-state index in [1.165, 1.54) is 0 Å². The van der Waals surface area contributed by atoms with Crippen LogP contribution in [0, 0.1) is 11.3 Å². The zero-order valence-corrected chi connectivity index (χ0v) is 11.2. The maximum atomic E-state index is 10.4. The van der Waals surface area contributed by atoms with Gasteiger partial charge in [0.25, 0.3) is 0 Å².